The van der Waals surface area contributed by atoms with Crippen molar-refractivity contribution in [3.63, 3.8) is 0 Å². The predicted molar refractivity (Wildman–Crippen MR) is 62.7 cm³/mol. The number of alkyl halides is 2. The molecule has 0 saturated heterocycles. The zero-order valence-electron chi connectivity index (χ0n) is 8.93. The molecule has 1 heterocycles. The van der Waals surface area contributed by atoms with Crippen molar-refractivity contribution >= 4 is 17.2 Å². The quantitative estimate of drug-likeness (QED) is 0.566. The zero-order chi connectivity index (χ0) is 12.3. The van der Waals surface area contributed by atoms with E-state index in [2.05, 4.69) is 18.1 Å². The van der Waals surface area contributed by atoms with Crippen LogP contribution in [0.4, 0.5) is 8.78 Å². The molecule has 0 spiro atoms. The van der Waals surface area contributed by atoms with Gasteiger partial charge in [0.05, 0.1) is 0 Å². The van der Waals surface area contributed by atoms with Crippen molar-refractivity contribution in [1.82, 2.24) is 4.98 Å². The maximum Gasteiger partial charge on any atom is 0.294 e. The van der Waals surface area contributed by atoms with Gasteiger partial charge >= 0.3 is 0 Å². The fourth-order valence-electron chi connectivity index (χ4n) is 1.22. The molecule has 0 unspecified atom stereocenters. The van der Waals surface area contributed by atoms with Crippen molar-refractivity contribution in [2.75, 3.05) is 0 Å². The Hall–Kier alpha value is -1.22. The molecule has 0 aliphatic heterocycles. The number of nitrogens with zero attached hydrogens (tertiary/aromatic N) is 1. The van der Waals surface area contributed by atoms with Crippen LogP contribution < -0.4 is 0 Å². The van der Waals surface area contributed by atoms with Gasteiger partial charge in [-0.1, -0.05) is 31.7 Å². The number of hydrogen-bond acceptors (Lipinski definition) is 1. The van der Waals surface area contributed by atoms with Crippen LogP contribution in [0.25, 0.3) is 5.57 Å². The van der Waals surface area contributed by atoms with Gasteiger partial charge < -0.3 is 0 Å². The second-order valence-corrected chi connectivity index (χ2v) is 3.71. The summed E-state index contributed by atoms with van der Waals surface area (Å²) in [7, 11) is 0. The van der Waals surface area contributed by atoms with Crippen LogP contribution in [0.15, 0.2) is 37.1 Å². The summed E-state index contributed by atoms with van der Waals surface area (Å²) in [4.78, 5) is 3.74. The van der Waals surface area contributed by atoms with Gasteiger partial charge in [-0.2, -0.15) is 8.78 Å². The zero-order valence-corrected chi connectivity index (χ0v) is 9.69. The molecule has 0 amide bonds. The third kappa shape index (κ3) is 2.30. The van der Waals surface area contributed by atoms with Crippen LogP contribution in [0.3, 0.4) is 0 Å². The maximum absolute atomic E-state index is 13.8. The number of halogens is 3. The molecule has 1 aromatic heterocycles. The van der Waals surface area contributed by atoms with Gasteiger partial charge in [0.15, 0.2) is 0 Å². The molecule has 1 aromatic rings. The van der Waals surface area contributed by atoms with Crippen LogP contribution in [0.2, 0.25) is 5.15 Å². The lowest BCUT2D eigenvalue weighted by atomic mass is 9.96. The molecule has 0 aliphatic carbocycles. The standard InChI is InChI=1S/C12H12ClF2N/c1-4-8(2)12(14,15)9(3)10-6-5-7-16-11(10)13/h5-7H,2-4H2,1H3. The first-order chi connectivity index (χ1) is 7.41. The molecule has 16 heavy (non-hydrogen) atoms. The Balaban J connectivity index is 3.12. The summed E-state index contributed by atoms with van der Waals surface area (Å²) >= 11 is 5.74. The molecule has 4 heteroatoms. The van der Waals surface area contributed by atoms with Gasteiger partial charge in [0.1, 0.15) is 5.15 Å². The van der Waals surface area contributed by atoms with Crippen molar-refractivity contribution in [3.05, 3.63) is 47.8 Å². The minimum absolute atomic E-state index is 0.0241. The Morgan fingerprint density at radius 2 is 2.12 bits per heavy atom. The second kappa shape index (κ2) is 4.74. The van der Waals surface area contributed by atoms with Crippen LogP contribution in [0.5, 0.6) is 0 Å². The molecule has 86 valence electrons. The highest BCUT2D eigenvalue weighted by atomic mass is 35.5. The van der Waals surface area contributed by atoms with Crippen LogP contribution in [-0.2, 0) is 0 Å². The number of rotatable bonds is 4. The van der Waals surface area contributed by atoms with Gasteiger partial charge in [-0.05, 0) is 24.1 Å². The van der Waals surface area contributed by atoms with E-state index in [9.17, 15) is 8.78 Å². The Morgan fingerprint density at radius 1 is 1.50 bits per heavy atom. The van der Waals surface area contributed by atoms with Gasteiger partial charge in [-0.25, -0.2) is 4.98 Å². The number of hydrogen-bond donors (Lipinski definition) is 0. The normalized spacial score (nSPS) is 11.2. The first kappa shape index (κ1) is 12.8. The summed E-state index contributed by atoms with van der Waals surface area (Å²) < 4.78 is 27.6. The van der Waals surface area contributed by atoms with Crippen molar-refractivity contribution in [1.29, 1.82) is 0 Å². The highest BCUT2D eigenvalue weighted by Crippen LogP contribution is 2.39. The van der Waals surface area contributed by atoms with Gasteiger partial charge in [0.2, 0.25) is 0 Å². The van der Waals surface area contributed by atoms with E-state index in [0.717, 1.165) is 0 Å². The van der Waals surface area contributed by atoms with Crippen LogP contribution in [-0.4, -0.2) is 10.9 Å². The van der Waals surface area contributed by atoms with E-state index in [1.54, 1.807) is 6.92 Å². The third-order valence-electron chi connectivity index (χ3n) is 2.33. The van der Waals surface area contributed by atoms with E-state index in [-0.39, 0.29) is 28.3 Å². The summed E-state index contributed by atoms with van der Waals surface area (Å²) in [6.45, 7) is 8.36. The van der Waals surface area contributed by atoms with Crippen LogP contribution in [0, 0.1) is 0 Å². The average Bonchev–Trinajstić information content (AvgIpc) is 2.27. The fraction of sp³-hybridized carbons (Fsp3) is 0.250. The topological polar surface area (TPSA) is 12.9 Å². The molecule has 0 saturated carbocycles. The van der Waals surface area contributed by atoms with Crippen molar-refractivity contribution in [3.8, 4) is 0 Å². The molecule has 0 radical (unpaired) electrons. The van der Waals surface area contributed by atoms with E-state index in [1.165, 1.54) is 18.3 Å². The molecule has 0 bridgehead atoms. The molecule has 0 aromatic carbocycles. The summed E-state index contributed by atoms with van der Waals surface area (Å²) in [5.74, 6) is -3.15. The van der Waals surface area contributed by atoms with E-state index >= 15 is 0 Å². The minimum Gasteiger partial charge on any atom is -0.244 e. The molecule has 0 aliphatic rings. The van der Waals surface area contributed by atoms with E-state index in [1.807, 2.05) is 0 Å². The lowest BCUT2D eigenvalue weighted by molar-refractivity contribution is 0.106. The van der Waals surface area contributed by atoms with Gasteiger partial charge in [0.25, 0.3) is 5.92 Å². The van der Waals surface area contributed by atoms with Crippen LogP contribution >= 0.6 is 11.6 Å². The number of aromatic nitrogens is 1. The minimum atomic E-state index is -3.15. The molecule has 1 rings (SSSR count). The Bertz CT molecular complexity index is 427. The van der Waals surface area contributed by atoms with E-state index < -0.39 is 5.92 Å². The fourth-order valence-corrected chi connectivity index (χ4v) is 1.45. The van der Waals surface area contributed by atoms with Crippen molar-refractivity contribution < 1.29 is 8.78 Å². The molecule has 0 N–H and O–H groups in total. The van der Waals surface area contributed by atoms with Gasteiger partial charge in [-0.15, -0.1) is 0 Å². The molecule has 1 nitrogen and oxygen atoms in total. The third-order valence-corrected chi connectivity index (χ3v) is 2.64. The SMILES string of the molecule is C=C(CC)C(F)(F)C(=C)c1cccnc1Cl. The monoisotopic (exact) mass is 243 g/mol. The second-order valence-electron chi connectivity index (χ2n) is 3.35. The summed E-state index contributed by atoms with van der Waals surface area (Å²) in [5.41, 5.74) is -0.390. The van der Waals surface area contributed by atoms with Crippen LogP contribution in [0.1, 0.15) is 18.9 Å². The van der Waals surface area contributed by atoms with Gasteiger partial charge in [0, 0.05) is 17.3 Å². The van der Waals surface area contributed by atoms with E-state index in [4.69, 9.17) is 11.6 Å². The lowest BCUT2D eigenvalue weighted by Crippen LogP contribution is -2.20. The predicted octanol–water partition coefficient (Wildman–Crippen LogP) is 4.35. The first-order valence-electron chi connectivity index (χ1n) is 4.77. The summed E-state index contributed by atoms with van der Waals surface area (Å²) in [5, 5.41) is 0.0241. The molecule has 0 atom stereocenters. The van der Waals surface area contributed by atoms with E-state index in [0.29, 0.717) is 0 Å². The molecular weight excluding hydrogens is 232 g/mol. The molecular formula is C12H12ClF2N. The highest BCUT2D eigenvalue weighted by molar-refractivity contribution is 6.31. The Kier molecular flexibility index (Phi) is 3.81. The first-order valence-corrected chi connectivity index (χ1v) is 5.15. The maximum atomic E-state index is 13.8. The smallest absolute Gasteiger partial charge is 0.244 e. The van der Waals surface area contributed by atoms with Crippen molar-refractivity contribution in [2.24, 2.45) is 0 Å². The van der Waals surface area contributed by atoms with Gasteiger partial charge in [-0.3, -0.25) is 0 Å². The lowest BCUT2D eigenvalue weighted by Gasteiger charge is -2.21. The average molecular weight is 244 g/mol. The molecule has 0 fully saturated rings. The highest BCUT2D eigenvalue weighted by Gasteiger charge is 2.36. The largest absolute Gasteiger partial charge is 0.294 e. The van der Waals surface area contributed by atoms with Crippen molar-refractivity contribution in [2.45, 2.75) is 19.3 Å². The Morgan fingerprint density at radius 3 is 2.62 bits per heavy atom. The number of allylic oxidation sites excluding steroid dienone is 2. The summed E-state index contributed by atoms with van der Waals surface area (Å²) in [6.07, 6.45) is 1.62. The Labute approximate surface area is 98.5 Å². The number of pyridine rings is 1. The summed E-state index contributed by atoms with van der Waals surface area (Å²) in [6, 6.07) is 3.01.